The average molecular weight is 378 g/mol. The van der Waals surface area contributed by atoms with Gasteiger partial charge in [-0.3, -0.25) is 9.59 Å². The van der Waals surface area contributed by atoms with Gasteiger partial charge in [-0.05, 0) is 36.4 Å². The highest BCUT2D eigenvalue weighted by Gasteiger charge is 2.15. The first-order valence-corrected chi connectivity index (χ1v) is 8.58. The number of carbonyl (C=O) groups is 2. The fourth-order valence-corrected chi connectivity index (χ4v) is 2.67. The summed E-state index contributed by atoms with van der Waals surface area (Å²) >= 11 is 5.67. The number of amides is 1. The molecule has 0 radical (unpaired) electrons. The van der Waals surface area contributed by atoms with Crippen molar-refractivity contribution in [2.75, 3.05) is 18.5 Å². The topological polar surface area (TPSA) is 64.6 Å². The maximum atomic E-state index is 13.7. The number of benzene rings is 2. The van der Waals surface area contributed by atoms with Gasteiger partial charge in [0.2, 0.25) is 5.91 Å². The molecule has 3 rings (SSSR count). The van der Waals surface area contributed by atoms with E-state index in [0.717, 1.165) is 12.5 Å². The van der Waals surface area contributed by atoms with Gasteiger partial charge < -0.3 is 14.8 Å². The van der Waals surface area contributed by atoms with Gasteiger partial charge in [0, 0.05) is 29.8 Å². The summed E-state index contributed by atoms with van der Waals surface area (Å²) in [7, 11) is 0. The molecule has 2 aromatic rings. The predicted octanol–water partition coefficient (Wildman–Crippen LogP) is 4.24. The molecule has 0 atom stereocenters. The zero-order valence-electron chi connectivity index (χ0n) is 13.9. The van der Waals surface area contributed by atoms with Crippen molar-refractivity contribution in [1.29, 1.82) is 0 Å². The van der Waals surface area contributed by atoms with Crippen molar-refractivity contribution < 1.29 is 23.5 Å². The molecule has 1 N–H and O–H groups in total. The van der Waals surface area contributed by atoms with Crippen molar-refractivity contribution >= 4 is 29.0 Å². The molecule has 1 aliphatic rings. The Hall–Kier alpha value is -2.60. The zero-order valence-corrected chi connectivity index (χ0v) is 14.6. The third-order valence-electron chi connectivity index (χ3n) is 3.85. The summed E-state index contributed by atoms with van der Waals surface area (Å²) in [5.74, 6) is -0.141. The third kappa shape index (κ3) is 4.52. The van der Waals surface area contributed by atoms with Crippen LogP contribution in [0.25, 0.3) is 0 Å². The Bertz CT molecular complexity index is 840. The number of halogens is 2. The van der Waals surface area contributed by atoms with Crippen LogP contribution in [0.1, 0.15) is 29.6 Å². The Morgan fingerprint density at radius 1 is 1.04 bits per heavy atom. The molecule has 0 spiro atoms. The van der Waals surface area contributed by atoms with Gasteiger partial charge in [-0.2, -0.15) is 0 Å². The Morgan fingerprint density at radius 3 is 2.58 bits per heavy atom. The van der Waals surface area contributed by atoms with E-state index in [1.807, 2.05) is 0 Å². The van der Waals surface area contributed by atoms with Crippen LogP contribution in [0.5, 0.6) is 11.5 Å². The number of ether oxygens (including phenoxy) is 2. The molecule has 5 nitrogen and oxygen atoms in total. The first-order valence-electron chi connectivity index (χ1n) is 8.20. The second-order valence-electron chi connectivity index (χ2n) is 5.81. The summed E-state index contributed by atoms with van der Waals surface area (Å²) in [6.07, 6.45) is 0.718. The second-order valence-corrected chi connectivity index (χ2v) is 6.24. The lowest BCUT2D eigenvalue weighted by atomic mass is 10.1. The highest BCUT2D eigenvalue weighted by molar-refractivity contribution is 6.30. The summed E-state index contributed by atoms with van der Waals surface area (Å²) in [5, 5.41) is 2.67. The van der Waals surface area contributed by atoms with Crippen LogP contribution in [0.2, 0.25) is 5.02 Å². The van der Waals surface area contributed by atoms with E-state index in [0.29, 0.717) is 30.3 Å². The molecule has 1 aliphatic heterocycles. The van der Waals surface area contributed by atoms with E-state index >= 15 is 0 Å². The number of carbonyl (C=O) groups excluding carboxylic acids is 2. The predicted molar refractivity (Wildman–Crippen MR) is 95.7 cm³/mol. The summed E-state index contributed by atoms with van der Waals surface area (Å²) in [4.78, 5) is 24.3. The maximum absolute atomic E-state index is 13.7. The van der Waals surface area contributed by atoms with Crippen LogP contribution in [-0.2, 0) is 4.79 Å². The average Bonchev–Trinajstić information content (AvgIpc) is 2.86. The highest BCUT2D eigenvalue weighted by atomic mass is 35.5. The SMILES string of the molecule is O=C(CCC(=O)c1ccc2c(c1)OCCCO2)Nc1ccc(Cl)cc1F. The molecule has 0 unspecified atom stereocenters. The van der Waals surface area contributed by atoms with Crippen molar-refractivity contribution in [1.82, 2.24) is 0 Å². The molecule has 7 heteroatoms. The fourth-order valence-electron chi connectivity index (χ4n) is 2.51. The van der Waals surface area contributed by atoms with Gasteiger partial charge in [-0.15, -0.1) is 0 Å². The van der Waals surface area contributed by atoms with Crippen LogP contribution >= 0.6 is 11.6 Å². The van der Waals surface area contributed by atoms with Gasteiger partial charge in [-0.1, -0.05) is 11.6 Å². The van der Waals surface area contributed by atoms with Crippen molar-refractivity contribution in [3.05, 3.63) is 52.8 Å². The normalized spacial score (nSPS) is 13.0. The molecule has 136 valence electrons. The monoisotopic (exact) mass is 377 g/mol. The van der Waals surface area contributed by atoms with Crippen LogP contribution in [-0.4, -0.2) is 24.9 Å². The van der Waals surface area contributed by atoms with E-state index in [2.05, 4.69) is 5.32 Å². The largest absolute Gasteiger partial charge is 0.490 e. The fraction of sp³-hybridized carbons (Fsp3) is 0.263. The van der Waals surface area contributed by atoms with E-state index in [1.165, 1.54) is 12.1 Å². The van der Waals surface area contributed by atoms with Gasteiger partial charge in [0.1, 0.15) is 5.82 Å². The van der Waals surface area contributed by atoms with E-state index in [-0.39, 0.29) is 29.3 Å². The Morgan fingerprint density at radius 2 is 1.81 bits per heavy atom. The van der Waals surface area contributed by atoms with Gasteiger partial charge >= 0.3 is 0 Å². The molecule has 0 fully saturated rings. The summed E-state index contributed by atoms with van der Waals surface area (Å²) in [6.45, 7) is 1.10. The molecule has 0 aromatic heterocycles. The molecular formula is C19H17ClFNO4. The minimum atomic E-state index is -0.625. The Kier molecular flexibility index (Phi) is 5.73. The van der Waals surface area contributed by atoms with Gasteiger partial charge in [-0.25, -0.2) is 4.39 Å². The number of nitrogens with one attached hydrogen (secondary N) is 1. The van der Waals surface area contributed by atoms with E-state index in [1.54, 1.807) is 18.2 Å². The number of ketones is 1. The van der Waals surface area contributed by atoms with Gasteiger partial charge in [0.15, 0.2) is 17.3 Å². The first kappa shape index (κ1) is 18.2. The molecule has 0 saturated carbocycles. The molecule has 0 aliphatic carbocycles. The van der Waals surface area contributed by atoms with Crippen LogP contribution in [0.15, 0.2) is 36.4 Å². The summed E-state index contributed by atoms with van der Waals surface area (Å²) in [6, 6.07) is 8.92. The summed E-state index contributed by atoms with van der Waals surface area (Å²) < 4.78 is 24.8. The van der Waals surface area contributed by atoms with Crippen LogP contribution in [0.3, 0.4) is 0 Å². The second kappa shape index (κ2) is 8.19. The van der Waals surface area contributed by atoms with Crippen LogP contribution in [0, 0.1) is 5.82 Å². The molecule has 1 heterocycles. The molecule has 1 amide bonds. The van der Waals surface area contributed by atoms with E-state index in [9.17, 15) is 14.0 Å². The number of fused-ring (bicyclic) bond motifs is 1. The summed E-state index contributed by atoms with van der Waals surface area (Å²) in [5.41, 5.74) is 0.474. The quantitative estimate of drug-likeness (QED) is 0.791. The number of Topliss-reactive ketones (excluding diaryl/α,β-unsaturated/α-hetero) is 1. The minimum Gasteiger partial charge on any atom is -0.490 e. The third-order valence-corrected chi connectivity index (χ3v) is 4.09. The zero-order chi connectivity index (χ0) is 18.5. The standard InChI is InChI=1S/C19H17ClFNO4/c20-13-3-4-15(14(21)11-13)22-19(24)7-5-16(23)12-2-6-17-18(10-12)26-9-1-8-25-17/h2-4,6,10-11H,1,5,7-9H2,(H,22,24). The number of anilines is 1. The number of rotatable bonds is 5. The Balaban J connectivity index is 1.58. The molecular weight excluding hydrogens is 361 g/mol. The number of hydrogen-bond donors (Lipinski definition) is 1. The highest BCUT2D eigenvalue weighted by Crippen LogP contribution is 2.31. The Labute approximate surface area is 155 Å². The van der Waals surface area contributed by atoms with E-state index in [4.69, 9.17) is 21.1 Å². The lowest BCUT2D eigenvalue weighted by Crippen LogP contribution is -2.14. The lowest BCUT2D eigenvalue weighted by molar-refractivity contribution is -0.116. The van der Waals surface area contributed by atoms with Crippen LogP contribution < -0.4 is 14.8 Å². The lowest BCUT2D eigenvalue weighted by Gasteiger charge is -2.09. The molecule has 0 bridgehead atoms. The minimum absolute atomic E-state index is 0.000680. The maximum Gasteiger partial charge on any atom is 0.224 e. The molecule has 0 saturated heterocycles. The molecule has 2 aromatic carbocycles. The van der Waals surface area contributed by atoms with Crippen LogP contribution in [0.4, 0.5) is 10.1 Å². The van der Waals surface area contributed by atoms with Crippen molar-refractivity contribution in [2.45, 2.75) is 19.3 Å². The van der Waals surface area contributed by atoms with Crippen molar-refractivity contribution in [3.63, 3.8) is 0 Å². The first-order chi connectivity index (χ1) is 12.5. The van der Waals surface area contributed by atoms with Crippen molar-refractivity contribution in [3.8, 4) is 11.5 Å². The number of hydrogen-bond acceptors (Lipinski definition) is 4. The van der Waals surface area contributed by atoms with Gasteiger partial charge in [0.05, 0.1) is 18.9 Å². The smallest absolute Gasteiger partial charge is 0.224 e. The van der Waals surface area contributed by atoms with Crippen molar-refractivity contribution in [2.24, 2.45) is 0 Å². The van der Waals surface area contributed by atoms with E-state index < -0.39 is 11.7 Å². The molecule has 26 heavy (non-hydrogen) atoms. The van der Waals surface area contributed by atoms with Gasteiger partial charge in [0.25, 0.3) is 0 Å².